The van der Waals surface area contributed by atoms with E-state index in [9.17, 15) is 4.79 Å². The smallest absolute Gasteiger partial charge is 0.191 e. The van der Waals surface area contributed by atoms with Crippen LogP contribution in [0.25, 0.3) is 10.6 Å². The van der Waals surface area contributed by atoms with Gasteiger partial charge in [-0.1, -0.05) is 18.3 Å². The summed E-state index contributed by atoms with van der Waals surface area (Å²) in [6.07, 6.45) is 5.22. The van der Waals surface area contributed by atoms with Gasteiger partial charge in [0.15, 0.2) is 10.4 Å². The third kappa shape index (κ3) is 3.24. The zero-order chi connectivity index (χ0) is 12.8. The SMILES string of the molecule is CCNCCCc1nnc(-c2c[nH]ccc2=O)s1. The van der Waals surface area contributed by atoms with Crippen LogP contribution in [0.2, 0.25) is 0 Å². The predicted molar refractivity (Wildman–Crippen MR) is 72.8 cm³/mol. The number of hydrogen-bond donors (Lipinski definition) is 2. The molecule has 0 spiro atoms. The Kier molecular flexibility index (Phi) is 4.60. The molecule has 0 fully saturated rings. The van der Waals surface area contributed by atoms with Gasteiger partial charge in [0.25, 0.3) is 0 Å². The monoisotopic (exact) mass is 264 g/mol. The number of aromatic amines is 1. The maximum atomic E-state index is 11.6. The molecule has 2 aromatic heterocycles. The van der Waals surface area contributed by atoms with E-state index in [4.69, 9.17) is 0 Å². The second-order valence-electron chi connectivity index (χ2n) is 3.88. The van der Waals surface area contributed by atoms with E-state index < -0.39 is 0 Å². The van der Waals surface area contributed by atoms with Crippen LogP contribution in [0.4, 0.5) is 0 Å². The Morgan fingerprint density at radius 3 is 3.11 bits per heavy atom. The van der Waals surface area contributed by atoms with E-state index in [1.54, 1.807) is 12.4 Å². The normalized spacial score (nSPS) is 10.7. The van der Waals surface area contributed by atoms with E-state index in [2.05, 4.69) is 27.4 Å². The molecule has 0 unspecified atom stereocenters. The highest BCUT2D eigenvalue weighted by molar-refractivity contribution is 7.14. The largest absolute Gasteiger partial charge is 0.367 e. The van der Waals surface area contributed by atoms with E-state index in [1.165, 1.54) is 17.4 Å². The Morgan fingerprint density at radius 2 is 2.33 bits per heavy atom. The first kappa shape index (κ1) is 12.9. The molecular formula is C12H16N4OS. The molecule has 5 nitrogen and oxygen atoms in total. The number of rotatable bonds is 6. The summed E-state index contributed by atoms with van der Waals surface area (Å²) in [7, 11) is 0. The molecule has 2 N–H and O–H groups in total. The predicted octanol–water partition coefficient (Wildman–Crippen LogP) is 1.44. The summed E-state index contributed by atoms with van der Waals surface area (Å²) < 4.78 is 0. The van der Waals surface area contributed by atoms with Gasteiger partial charge in [0.05, 0.1) is 5.56 Å². The second-order valence-corrected chi connectivity index (χ2v) is 4.94. The molecule has 0 bridgehead atoms. The zero-order valence-electron chi connectivity index (χ0n) is 10.3. The molecule has 96 valence electrons. The minimum absolute atomic E-state index is 0.0240. The van der Waals surface area contributed by atoms with Gasteiger partial charge in [-0.25, -0.2) is 0 Å². The van der Waals surface area contributed by atoms with Crippen LogP contribution in [-0.4, -0.2) is 28.3 Å². The van der Waals surface area contributed by atoms with Gasteiger partial charge in [0.2, 0.25) is 0 Å². The van der Waals surface area contributed by atoms with E-state index in [1.807, 2.05) is 0 Å². The van der Waals surface area contributed by atoms with Crippen molar-refractivity contribution in [1.82, 2.24) is 20.5 Å². The fourth-order valence-electron chi connectivity index (χ4n) is 1.59. The highest BCUT2D eigenvalue weighted by atomic mass is 32.1. The molecule has 0 radical (unpaired) electrons. The molecule has 2 aromatic rings. The lowest BCUT2D eigenvalue weighted by Gasteiger charge is -1.97. The Hall–Kier alpha value is -1.53. The molecule has 2 rings (SSSR count). The van der Waals surface area contributed by atoms with Crippen molar-refractivity contribution in [3.8, 4) is 10.6 Å². The third-order valence-electron chi connectivity index (χ3n) is 2.52. The van der Waals surface area contributed by atoms with Crippen molar-refractivity contribution >= 4 is 11.3 Å². The summed E-state index contributed by atoms with van der Waals surface area (Å²) in [6, 6.07) is 1.50. The minimum atomic E-state index is -0.0240. The summed E-state index contributed by atoms with van der Waals surface area (Å²) in [5, 5.41) is 13.1. The number of aryl methyl sites for hydroxylation is 1. The van der Waals surface area contributed by atoms with Crippen LogP contribution in [0.1, 0.15) is 18.4 Å². The van der Waals surface area contributed by atoms with E-state index >= 15 is 0 Å². The third-order valence-corrected chi connectivity index (χ3v) is 3.53. The first-order valence-electron chi connectivity index (χ1n) is 6.02. The number of nitrogens with one attached hydrogen (secondary N) is 2. The minimum Gasteiger partial charge on any atom is -0.367 e. The van der Waals surface area contributed by atoms with Crippen LogP contribution in [0.5, 0.6) is 0 Å². The zero-order valence-corrected chi connectivity index (χ0v) is 11.1. The highest BCUT2D eigenvalue weighted by Gasteiger charge is 2.09. The van der Waals surface area contributed by atoms with Gasteiger partial charge in [0.1, 0.15) is 5.01 Å². The lowest BCUT2D eigenvalue weighted by atomic mass is 10.3. The number of aromatic nitrogens is 3. The van der Waals surface area contributed by atoms with Crippen LogP contribution in [0.3, 0.4) is 0 Å². The molecule has 0 saturated heterocycles. The van der Waals surface area contributed by atoms with Gasteiger partial charge in [-0.05, 0) is 19.5 Å². The molecule has 0 saturated carbocycles. The molecule has 0 atom stereocenters. The van der Waals surface area contributed by atoms with Gasteiger partial charge in [0, 0.05) is 24.9 Å². The molecule has 0 aliphatic carbocycles. The van der Waals surface area contributed by atoms with Crippen LogP contribution in [0.15, 0.2) is 23.3 Å². The maximum Gasteiger partial charge on any atom is 0.191 e. The van der Waals surface area contributed by atoms with Crippen molar-refractivity contribution in [3.63, 3.8) is 0 Å². The first-order valence-corrected chi connectivity index (χ1v) is 6.83. The Balaban J connectivity index is 2.02. The summed E-state index contributed by atoms with van der Waals surface area (Å²) in [5.74, 6) is 0. The quantitative estimate of drug-likeness (QED) is 0.774. The number of hydrogen-bond acceptors (Lipinski definition) is 5. The first-order chi connectivity index (χ1) is 8.81. The number of H-pyrrole nitrogens is 1. The topological polar surface area (TPSA) is 70.7 Å². The van der Waals surface area contributed by atoms with Crippen molar-refractivity contribution in [2.75, 3.05) is 13.1 Å². The fourth-order valence-corrected chi connectivity index (χ4v) is 2.49. The Morgan fingerprint density at radius 1 is 1.44 bits per heavy atom. The average Bonchev–Trinajstić information content (AvgIpc) is 2.84. The van der Waals surface area contributed by atoms with Crippen molar-refractivity contribution in [1.29, 1.82) is 0 Å². The second kappa shape index (κ2) is 6.42. The van der Waals surface area contributed by atoms with Gasteiger partial charge in [-0.2, -0.15) is 0 Å². The van der Waals surface area contributed by atoms with Crippen LogP contribution < -0.4 is 10.7 Å². The molecule has 2 heterocycles. The van der Waals surface area contributed by atoms with Crippen LogP contribution >= 0.6 is 11.3 Å². The van der Waals surface area contributed by atoms with Gasteiger partial charge < -0.3 is 10.3 Å². The summed E-state index contributed by atoms with van der Waals surface area (Å²) >= 11 is 1.49. The molecule has 6 heteroatoms. The molecule has 0 aliphatic rings. The molecular weight excluding hydrogens is 248 g/mol. The summed E-state index contributed by atoms with van der Waals surface area (Å²) in [4.78, 5) is 14.5. The van der Waals surface area contributed by atoms with Crippen molar-refractivity contribution in [3.05, 3.63) is 33.7 Å². The van der Waals surface area contributed by atoms with Gasteiger partial charge >= 0.3 is 0 Å². The van der Waals surface area contributed by atoms with E-state index in [0.29, 0.717) is 10.6 Å². The lowest BCUT2D eigenvalue weighted by molar-refractivity contribution is 0.669. The standard InChI is InChI=1S/C12H16N4OS/c1-2-13-6-3-4-11-15-16-12(18-11)9-8-14-7-5-10(9)17/h5,7-8,13H,2-4,6H2,1H3,(H,14,17). The Bertz CT molecular complexity index is 549. The molecule has 0 aliphatic heterocycles. The van der Waals surface area contributed by atoms with Crippen molar-refractivity contribution in [2.24, 2.45) is 0 Å². The van der Waals surface area contributed by atoms with Crippen LogP contribution in [0, 0.1) is 0 Å². The van der Waals surface area contributed by atoms with E-state index in [0.717, 1.165) is 30.9 Å². The van der Waals surface area contributed by atoms with E-state index in [-0.39, 0.29) is 5.43 Å². The fraction of sp³-hybridized carbons (Fsp3) is 0.417. The maximum absolute atomic E-state index is 11.6. The molecule has 18 heavy (non-hydrogen) atoms. The van der Waals surface area contributed by atoms with Crippen molar-refractivity contribution in [2.45, 2.75) is 19.8 Å². The lowest BCUT2D eigenvalue weighted by Crippen LogP contribution is -2.14. The average molecular weight is 264 g/mol. The molecule has 0 aromatic carbocycles. The van der Waals surface area contributed by atoms with Gasteiger partial charge in [-0.3, -0.25) is 4.79 Å². The van der Waals surface area contributed by atoms with Crippen LogP contribution in [-0.2, 0) is 6.42 Å². The molecule has 0 amide bonds. The number of pyridine rings is 1. The summed E-state index contributed by atoms with van der Waals surface area (Å²) in [5.41, 5.74) is 0.567. The Labute approximate surface area is 109 Å². The summed E-state index contributed by atoms with van der Waals surface area (Å²) in [6.45, 7) is 4.06. The highest BCUT2D eigenvalue weighted by Crippen LogP contribution is 2.20. The van der Waals surface area contributed by atoms with Crippen molar-refractivity contribution < 1.29 is 0 Å². The van der Waals surface area contributed by atoms with Gasteiger partial charge in [-0.15, -0.1) is 10.2 Å². The number of nitrogens with zero attached hydrogens (tertiary/aromatic N) is 2.